The van der Waals surface area contributed by atoms with E-state index < -0.39 is 0 Å². The summed E-state index contributed by atoms with van der Waals surface area (Å²) in [5.41, 5.74) is 0.239. The molecular formula is C11H24N2O. The number of hydrogen-bond donors (Lipinski definition) is 0. The molecule has 14 heavy (non-hydrogen) atoms. The first-order chi connectivity index (χ1) is 6.41. The zero-order valence-corrected chi connectivity index (χ0v) is 10.2. The van der Waals surface area contributed by atoms with Crippen LogP contribution in [-0.4, -0.2) is 56.4 Å². The van der Waals surface area contributed by atoms with Crippen LogP contribution in [0.3, 0.4) is 0 Å². The number of hydrogen-bond acceptors (Lipinski definition) is 3. The quantitative estimate of drug-likeness (QED) is 0.575. The van der Waals surface area contributed by atoms with Gasteiger partial charge in [-0.05, 0) is 26.1 Å². The minimum Gasteiger partial charge on any atom is -0.306 e. The van der Waals surface area contributed by atoms with Gasteiger partial charge in [-0.1, -0.05) is 20.8 Å². The number of nitrogens with zero attached hydrogens (tertiary/aromatic N) is 2. The van der Waals surface area contributed by atoms with Crippen molar-refractivity contribution in [1.82, 2.24) is 9.80 Å². The van der Waals surface area contributed by atoms with Crippen LogP contribution in [0.5, 0.6) is 0 Å². The van der Waals surface area contributed by atoms with Crippen LogP contribution < -0.4 is 0 Å². The van der Waals surface area contributed by atoms with Crippen molar-refractivity contribution in [3.05, 3.63) is 0 Å². The molecule has 0 aromatic heterocycles. The van der Waals surface area contributed by atoms with Gasteiger partial charge in [0.25, 0.3) is 0 Å². The van der Waals surface area contributed by atoms with E-state index in [2.05, 4.69) is 37.6 Å². The van der Waals surface area contributed by atoms with Crippen molar-refractivity contribution in [3.63, 3.8) is 0 Å². The van der Waals surface area contributed by atoms with Crippen LogP contribution in [0.4, 0.5) is 0 Å². The monoisotopic (exact) mass is 200 g/mol. The fourth-order valence-electron chi connectivity index (χ4n) is 1.81. The molecule has 0 aliphatic carbocycles. The Morgan fingerprint density at radius 2 is 1.64 bits per heavy atom. The van der Waals surface area contributed by atoms with E-state index in [4.69, 9.17) is 0 Å². The molecule has 0 radical (unpaired) electrons. The Balaban J connectivity index is 3.98. The molecule has 84 valence electrons. The standard InChI is InChI=1S/C11H24N2O/c1-6-12(4)9-11(2,3)10-13(5)7-8-14/h8H,6-7,9-10H2,1-5H3. The second-order valence-corrected chi connectivity index (χ2v) is 4.86. The Bertz CT molecular complexity index is 169. The first-order valence-electron chi connectivity index (χ1n) is 5.22. The van der Waals surface area contributed by atoms with Crippen LogP contribution >= 0.6 is 0 Å². The molecule has 0 N–H and O–H groups in total. The van der Waals surface area contributed by atoms with Crippen LogP contribution in [0.2, 0.25) is 0 Å². The molecule has 0 aromatic rings. The second kappa shape index (κ2) is 6.14. The molecule has 0 aliphatic heterocycles. The van der Waals surface area contributed by atoms with E-state index in [1.807, 2.05) is 7.05 Å². The van der Waals surface area contributed by atoms with E-state index in [1.54, 1.807) is 0 Å². The minimum absolute atomic E-state index is 0.239. The van der Waals surface area contributed by atoms with Crippen LogP contribution in [0.1, 0.15) is 20.8 Å². The van der Waals surface area contributed by atoms with Crippen molar-refractivity contribution in [2.24, 2.45) is 5.41 Å². The van der Waals surface area contributed by atoms with Crippen molar-refractivity contribution in [1.29, 1.82) is 0 Å². The average Bonchev–Trinajstić information content (AvgIpc) is 2.02. The molecule has 0 aromatic carbocycles. The molecule has 0 saturated heterocycles. The molecule has 0 bridgehead atoms. The highest BCUT2D eigenvalue weighted by molar-refractivity contribution is 5.51. The summed E-state index contributed by atoms with van der Waals surface area (Å²) in [4.78, 5) is 14.7. The Hall–Kier alpha value is -0.410. The molecule has 0 aliphatic rings. The second-order valence-electron chi connectivity index (χ2n) is 4.86. The number of carbonyl (C=O) groups is 1. The van der Waals surface area contributed by atoms with Crippen molar-refractivity contribution < 1.29 is 4.79 Å². The SMILES string of the molecule is CCN(C)CC(C)(C)CN(C)CC=O. The summed E-state index contributed by atoms with van der Waals surface area (Å²) in [6, 6.07) is 0. The lowest BCUT2D eigenvalue weighted by atomic mass is 9.92. The smallest absolute Gasteiger partial charge is 0.133 e. The lowest BCUT2D eigenvalue weighted by Gasteiger charge is -2.33. The van der Waals surface area contributed by atoms with Crippen LogP contribution in [-0.2, 0) is 4.79 Å². The van der Waals surface area contributed by atoms with Crippen molar-refractivity contribution >= 4 is 6.29 Å². The number of likely N-dealkylation sites (N-methyl/N-ethyl adjacent to an activating group) is 1. The number of rotatable bonds is 7. The van der Waals surface area contributed by atoms with Gasteiger partial charge in [-0.15, -0.1) is 0 Å². The van der Waals surface area contributed by atoms with E-state index in [9.17, 15) is 4.79 Å². The third-order valence-corrected chi connectivity index (χ3v) is 2.32. The summed E-state index contributed by atoms with van der Waals surface area (Å²) in [5, 5.41) is 0. The van der Waals surface area contributed by atoms with E-state index in [1.165, 1.54) is 0 Å². The van der Waals surface area contributed by atoms with E-state index in [-0.39, 0.29) is 5.41 Å². The predicted octanol–water partition coefficient (Wildman–Crippen LogP) is 1.09. The Labute approximate surface area is 88.1 Å². The van der Waals surface area contributed by atoms with Gasteiger partial charge in [0.15, 0.2) is 0 Å². The number of aldehydes is 1. The van der Waals surface area contributed by atoms with Crippen LogP contribution in [0.25, 0.3) is 0 Å². The van der Waals surface area contributed by atoms with Gasteiger partial charge in [-0.25, -0.2) is 0 Å². The third kappa shape index (κ3) is 6.11. The lowest BCUT2D eigenvalue weighted by Crippen LogP contribution is -2.40. The van der Waals surface area contributed by atoms with Crippen LogP contribution in [0.15, 0.2) is 0 Å². The fraction of sp³-hybridized carbons (Fsp3) is 0.909. The molecule has 0 spiro atoms. The maximum Gasteiger partial charge on any atom is 0.133 e. The van der Waals surface area contributed by atoms with Gasteiger partial charge in [0.1, 0.15) is 6.29 Å². The molecule has 0 atom stereocenters. The number of carbonyl (C=O) groups excluding carboxylic acids is 1. The normalized spacial score (nSPS) is 12.5. The van der Waals surface area contributed by atoms with Gasteiger partial charge in [0.2, 0.25) is 0 Å². The summed E-state index contributed by atoms with van der Waals surface area (Å²) < 4.78 is 0. The molecule has 0 saturated carbocycles. The van der Waals surface area contributed by atoms with Gasteiger partial charge >= 0.3 is 0 Å². The highest BCUT2D eigenvalue weighted by Crippen LogP contribution is 2.17. The van der Waals surface area contributed by atoms with Crippen LogP contribution in [0, 0.1) is 5.41 Å². The Kier molecular flexibility index (Phi) is 5.96. The van der Waals surface area contributed by atoms with Crippen molar-refractivity contribution in [2.75, 3.05) is 40.3 Å². The molecule has 3 heteroatoms. The molecule has 0 fully saturated rings. The van der Waals surface area contributed by atoms with Crippen molar-refractivity contribution in [2.45, 2.75) is 20.8 Å². The van der Waals surface area contributed by atoms with E-state index in [0.29, 0.717) is 6.54 Å². The van der Waals surface area contributed by atoms with E-state index >= 15 is 0 Å². The summed E-state index contributed by atoms with van der Waals surface area (Å²) in [6.07, 6.45) is 0.958. The maximum absolute atomic E-state index is 10.3. The fourth-order valence-corrected chi connectivity index (χ4v) is 1.81. The summed E-state index contributed by atoms with van der Waals surface area (Å²) >= 11 is 0. The lowest BCUT2D eigenvalue weighted by molar-refractivity contribution is -0.108. The van der Waals surface area contributed by atoms with Crippen molar-refractivity contribution in [3.8, 4) is 0 Å². The predicted molar refractivity (Wildman–Crippen MR) is 60.5 cm³/mol. The summed E-state index contributed by atoms with van der Waals surface area (Å²) in [5.74, 6) is 0. The zero-order chi connectivity index (χ0) is 11.2. The third-order valence-electron chi connectivity index (χ3n) is 2.32. The molecule has 0 amide bonds. The topological polar surface area (TPSA) is 23.6 Å². The molecule has 0 unspecified atom stereocenters. The first-order valence-corrected chi connectivity index (χ1v) is 5.22. The minimum atomic E-state index is 0.239. The molecule has 0 rings (SSSR count). The van der Waals surface area contributed by atoms with E-state index in [0.717, 1.165) is 25.9 Å². The average molecular weight is 200 g/mol. The largest absolute Gasteiger partial charge is 0.306 e. The Morgan fingerprint density at radius 1 is 1.14 bits per heavy atom. The molecular weight excluding hydrogens is 176 g/mol. The Morgan fingerprint density at radius 3 is 2.07 bits per heavy atom. The summed E-state index contributed by atoms with van der Waals surface area (Å²) in [7, 11) is 4.11. The highest BCUT2D eigenvalue weighted by Gasteiger charge is 2.21. The van der Waals surface area contributed by atoms with Gasteiger partial charge in [-0.3, -0.25) is 4.90 Å². The molecule has 3 nitrogen and oxygen atoms in total. The highest BCUT2D eigenvalue weighted by atomic mass is 16.1. The molecule has 0 heterocycles. The maximum atomic E-state index is 10.3. The van der Waals surface area contributed by atoms with Gasteiger partial charge in [0.05, 0.1) is 6.54 Å². The van der Waals surface area contributed by atoms with Gasteiger partial charge in [0, 0.05) is 13.1 Å². The zero-order valence-electron chi connectivity index (χ0n) is 10.2. The van der Waals surface area contributed by atoms with Gasteiger partial charge in [-0.2, -0.15) is 0 Å². The first kappa shape index (κ1) is 13.6. The van der Waals surface area contributed by atoms with Gasteiger partial charge < -0.3 is 9.69 Å². The summed E-state index contributed by atoms with van der Waals surface area (Å²) in [6.45, 7) is 10.2.